The Balaban J connectivity index is 2.86. The van der Waals surface area contributed by atoms with Crippen LogP contribution in [0.15, 0.2) is 0 Å². The van der Waals surface area contributed by atoms with E-state index in [4.69, 9.17) is 14.2 Å². The van der Waals surface area contributed by atoms with Crippen molar-refractivity contribution in [1.82, 2.24) is 0 Å². The normalized spacial score (nSPS) is 37.4. The van der Waals surface area contributed by atoms with Crippen molar-refractivity contribution in [3.05, 3.63) is 0 Å². The molecule has 0 spiro atoms. The molecule has 98 valence electrons. The Bertz CT molecular complexity index is 303. The molecule has 1 rings (SSSR count). The van der Waals surface area contributed by atoms with Gasteiger partial charge in [-0.2, -0.15) is 0 Å². The summed E-state index contributed by atoms with van der Waals surface area (Å²) in [5, 5.41) is 19.4. The molecule has 0 aromatic rings. The lowest BCUT2D eigenvalue weighted by atomic mass is 9.99. The van der Waals surface area contributed by atoms with Gasteiger partial charge in [-0.1, -0.05) is 0 Å². The fourth-order valence-corrected chi connectivity index (χ4v) is 1.65. The summed E-state index contributed by atoms with van der Waals surface area (Å²) in [5.74, 6) is -1.32. The fourth-order valence-electron chi connectivity index (χ4n) is 1.65. The Hall–Kier alpha value is -1.18. The molecule has 0 aliphatic carbocycles. The van der Waals surface area contributed by atoms with Gasteiger partial charge in [0.05, 0.1) is 6.10 Å². The van der Waals surface area contributed by atoms with Gasteiger partial charge in [0.2, 0.25) is 0 Å². The van der Waals surface area contributed by atoms with Gasteiger partial charge in [0, 0.05) is 13.8 Å². The summed E-state index contributed by atoms with van der Waals surface area (Å²) in [6.45, 7) is 3.81. The fraction of sp³-hybridized carbons (Fsp3) is 0.800. The first-order valence-corrected chi connectivity index (χ1v) is 5.19. The van der Waals surface area contributed by atoms with E-state index in [-0.39, 0.29) is 0 Å². The van der Waals surface area contributed by atoms with E-state index in [1.807, 2.05) is 0 Å². The van der Waals surface area contributed by atoms with Crippen LogP contribution in [0.2, 0.25) is 0 Å². The van der Waals surface area contributed by atoms with E-state index in [1.54, 1.807) is 0 Å². The maximum absolute atomic E-state index is 10.9. The standard InChI is InChI=1S/C10H16O7/c1-4-7(13)8(16-5(2)11)9(10(14)15-4)17-6(3)12/h4,7-10,13-14H,1-3H3/t4-,7+,8+,9-,10-/m0/s1. The van der Waals surface area contributed by atoms with Gasteiger partial charge in [-0.3, -0.25) is 9.59 Å². The number of aliphatic hydroxyl groups excluding tert-OH is 2. The molecule has 1 aliphatic heterocycles. The number of rotatable bonds is 2. The van der Waals surface area contributed by atoms with Crippen molar-refractivity contribution >= 4 is 11.9 Å². The summed E-state index contributed by atoms with van der Waals surface area (Å²) in [6, 6.07) is 0. The lowest BCUT2D eigenvalue weighted by Gasteiger charge is -2.40. The van der Waals surface area contributed by atoms with Crippen molar-refractivity contribution in [2.45, 2.75) is 51.5 Å². The van der Waals surface area contributed by atoms with Crippen molar-refractivity contribution in [2.75, 3.05) is 0 Å². The molecule has 1 aliphatic rings. The molecule has 0 bridgehead atoms. The predicted octanol–water partition coefficient (Wildman–Crippen LogP) is -1.05. The van der Waals surface area contributed by atoms with Gasteiger partial charge in [0.25, 0.3) is 0 Å². The van der Waals surface area contributed by atoms with E-state index in [0.717, 1.165) is 13.8 Å². The van der Waals surface area contributed by atoms with Crippen molar-refractivity contribution in [1.29, 1.82) is 0 Å². The monoisotopic (exact) mass is 248 g/mol. The van der Waals surface area contributed by atoms with Crippen LogP contribution in [0.1, 0.15) is 20.8 Å². The maximum atomic E-state index is 10.9. The van der Waals surface area contributed by atoms with Crippen LogP contribution in [0, 0.1) is 0 Å². The van der Waals surface area contributed by atoms with E-state index in [2.05, 4.69) is 0 Å². The van der Waals surface area contributed by atoms with Crippen LogP contribution in [0.5, 0.6) is 0 Å². The average molecular weight is 248 g/mol. The number of esters is 2. The Morgan fingerprint density at radius 3 is 2.00 bits per heavy atom. The van der Waals surface area contributed by atoms with Crippen LogP contribution in [0.3, 0.4) is 0 Å². The summed E-state index contributed by atoms with van der Waals surface area (Å²) in [7, 11) is 0. The SMILES string of the molecule is CC(=O)O[C@@H]1[C@H](O)[C@H](C)O[C@H](O)[C@H]1OC(C)=O. The Morgan fingerprint density at radius 2 is 1.53 bits per heavy atom. The van der Waals surface area contributed by atoms with Gasteiger partial charge >= 0.3 is 11.9 Å². The molecule has 0 aromatic heterocycles. The van der Waals surface area contributed by atoms with Gasteiger partial charge < -0.3 is 24.4 Å². The first kappa shape index (κ1) is 13.9. The first-order valence-electron chi connectivity index (χ1n) is 5.19. The Kier molecular flexibility index (Phi) is 4.44. The topological polar surface area (TPSA) is 102 Å². The molecule has 5 atom stereocenters. The van der Waals surface area contributed by atoms with Crippen molar-refractivity contribution in [3.63, 3.8) is 0 Å². The number of hydrogen-bond donors (Lipinski definition) is 2. The largest absolute Gasteiger partial charge is 0.455 e. The minimum absolute atomic E-state index is 0.646. The third kappa shape index (κ3) is 3.39. The number of ether oxygens (including phenoxy) is 3. The summed E-state index contributed by atoms with van der Waals surface area (Å²) >= 11 is 0. The predicted molar refractivity (Wildman–Crippen MR) is 53.7 cm³/mol. The number of carbonyl (C=O) groups is 2. The lowest BCUT2D eigenvalue weighted by molar-refractivity contribution is -0.285. The molecular weight excluding hydrogens is 232 g/mol. The molecule has 1 fully saturated rings. The van der Waals surface area contributed by atoms with Crippen molar-refractivity contribution in [2.24, 2.45) is 0 Å². The molecule has 7 nitrogen and oxygen atoms in total. The van der Waals surface area contributed by atoms with Crippen LogP contribution in [0.4, 0.5) is 0 Å². The molecule has 2 N–H and O–H groups in total. The van der Waals surface area contributed by atoms with Crippen LogP contribution in [-0.2, 0) is 23.8 Å². The number of carbonyl (C=O) groups excluding carboxylic acids is 2. The second kappa shape index (κ2) is 5.44. The van der Waals surface area contributed by atoms with Crippen LogP contribution < -0.4 is 0 Å². The summed E-state index contributed by atoms with van der Waals surface area (Å²) < 4.78 is 14.6. The van der Waals surface area contributed by atoms with E-state index in [0.29, 0.717) is 0 Å². The Labute approximate surface area is 98.3 Å². The van der Waals surface area contributed by atoms with Crippen LogP contribution in [0.25, 0.3) is 0 Å². The van der Waals surface area contributed by atoms with Crippen LogP contribution in [-0.4, -0.2) is 52.9 Å². The molecule has 7 heteroatoms. The number of aliphatic hydroxyl groups is 2. The van der Waals surface area contributed by atoms with E-state index in [1.165, 1.54) is 6.92 Å². The molecule has 0 radical (unpaired) electrons. The van der Waals surface area contributed by atoms with E-state index < -0.39 is 42.6 Å². The van der Waals surface area contributed by atoms with E-state index in [9.17, 15) is 19.8 Å². The molecule has 0 saturated carbocycles. The minimum Gasteiger partial charge on any atom is -0.455 e. The van der Waals surface area contributed by atoms with Gasteiger partial charge in [-0.05, 0) is 6.92 Å². The second-order valence-corrected chi connectivity index (χ2v) is 3.87. The zero-order valence-corrected chi connectivity index (χ0v) is 9.82. The zero-order valence-electron chi connectivity index (χ0n) is 9.82. The van der Waals surface area contributed by atoms with Gasteiger partial charge in [-0.25, -0.2) is 0 Å². The molecule has 0 amide bonds. The number of hydrogen-bond acceptors (Lipinski definition) is 7. The third-order valence-electron chi connectivity index (χ3n) is 2.38. The van der Waals surface area contributed by atoms with Gasteiger partial charge in [0.15, 0.2) is 18.5 Å². The summed E-state index contributed by atoms with van der Waals surface area (Å²) in [4.78, 5) is 21.8. The second-order valence-electron chi connectivity index (χ2n) is 3.87. The average Bonchev–Trinajstić information content (AvgIpc) is 2.19. The van der Waals surface area contributed by atoms with Crippen LogP contribution >= 0.6 is 0 Å². The molecular formula is C10H16O7. The highest BCUT2D eigenvalue weighted by Gasteiger charge is 2.47. The molecule has 0 aromatic carbocycles. The summed E-state index contributed by atoms with van der Waals surface area (Å²) in [5.41, 5.74) is 0. The third-order valence-corrected chi connectivity index (χ3v) is 2.38. The summed E-state index contributed by atoms with van der Waals surface area (Å²) in [6.07, 6.45) is -5.73. The Morgan fingerprint density at radius 1 is 1.06 bits per heavy atom. The molecule has 1 heterocycles. The first-order chi connectivity index (χ1) is 7.82. The highest BCUT2D eigenvalue weighted by Crippen LogP contribution is 2.24. The molecule has 17 heavy (non-hydrogen) atoms. The van der Waals surface area contributed by atoms with Crippen molar-refractivity contribution < 1.29 is 34.0 Å². The van der Waals surface area contributed by atoms with Crippen molar-refractivity contribution in [3.8, 4) is 0 Å². The maximum Gasteiger partial charge on any atom is 0.303 e. The van der Waals surface area contributed by atoms with E-state index >= 15 is 0 Å². The highest BCUT2D eigenvalue weighted by atomic mass is 16.7. The molecule has 1 saturated heterocycles. The smallest absolute Gasteiger partial charge is 0.303 e. The highest BCUT2D eigenvalue weighted by molar-refractivity contribution is 5.67. The van der Waals surface area contributed by atoms with Gasteiger partial charge in [0.1, 0.15) is 6.10 Å². The quantitative estimate of drug-likeness (QED) is 0.601. The molecule has 0 unspecified atom stereocenters. The lowest BCUT2D eigenvalue weighted by Crippen LogP contribution is -2.59. The van der Waals surface area contributed by atoms with Gasteiger partial charge in [-0.15, -0.1) is 0 Å². The minimum atomic E-state index is -1.44. The zero-order chi connectivity index (χ0) is 13.2.